The van der Waals surface area contributed by atoms with Crippen LogP contribution in [0.1, 0.15) is 20.1 Å². The van der Waals surface area contributed by atoms with E-state index in [1.165, 1.54) is 11.3 Å². The number of aryl methyl sites for hydroxylation is 1. The van der Waals surface area contributed by atoms with Gasteiger partial charge < -0.3 is 9.47 Å². The van der Waals surface area contributed by atoms with E-state index in [0.717, 1.165) is 43.8 Å². The number of methoxy groups -OCH3 is 2. The molecule has 0 saturated carbocycles. The van der Waals surface area contributed by atoms with Crippen molar-refractivity contribution in [3.05, 3.63) is 38.9 Å². The van der Waals surface area contributed by atoms with Gasteiger partial charge in [-0.25, -0.2) is 4.98 Å². The third-order valence-corrected chi connectivity index (χ3v) is 6.32. The van der Waals surface area contributed by atoms with Crippen molar-refractivity contribution in [3.63, 3.8) is 0 Å². The van der Waals surface area contributed by atoms with Gasteiger partial charge in [-0.1, -0.05) is 12.6 Å². The summed E-state index contributed by atoms with van der Waals surface area (Å²) in [6.45, 7) is 3.95. The Hall–Kier alpha value is -1.83. The molecule has 4 nitrogen and oxygen atoms in total. The molecule has 0 unspecified atom stereocenters. The van der Waals surface area contributed by atoms with Gasteiger partial charge in [-0.05, 0) is 31.5 Å². The second-order valence-electron chi connectivity index (χ2n) is 5.43. The molecule has 130 valence electrons. The smallest absolute Gasteiger partial charge is 0.226 e. The molecule has 0 fully saturated rings. The minimum Gasteiger partial charge on any atom is -0.497 e. The van der Waals surface area contributed by atoms with Gasteiger partial charge in [0, 0.05) is 27.5 Å². The van der Waals surface area contributed by atoms with E-state index in [1.54, 1.807) is 25.6 Å². The Labute approximate surface area is 159 Å². The SMILES string of the molecule is COc1cc(OC)cc(-c2csc(-c3c(C)sc(C(=O)S)c3C)n2)c1. The average Bonchev–Trinajstić information content (AvgIpc) is 3.18. The van der Waals surface area contributed by atoms with Crippen molar-refractivity contribution >= 4 is 40.4 Å². The van der Waals surface area contributed by atoms with Crippen LogP contribution in [-0.4, -0.2) is 24.3 Å². The molecule has 0 N–H and O–H groups in total. The lowest BCUT2D eigenvalue weighted by atomic mass is 10.1. The molecule has 7 heteroatoms. The predicted octanol–water partition coefficient (Wildman–Crippen LogP) is 5.24. The van der Waals surface area contributed by atoms with Gasteiger partial charge in [-0.15, -0.1) is 22.7 Å². The number of carbonyl (C=O) groups excluding carboxylic acids is 1. The zero-order valence-corrected chi connectivity index (χ0v) is 16.8. The van der Waals surface area contributed by atoms with Gasteiger partial charge in [0.05, 0.1) is 24.8 Å². The third-order valence-electron chi connectivity index (χ3n) is 3.88. The van der Waals surface area contributed by atoms with Gasteiger partial charge >= 0.3 is 0 Å². The monoisotopic (exact) mass is 391 g/mol. The summed E-state index contributed by atoms with van der Waals surface area (Å²) in [6, 6.07) is 5.68. The van der Waals surface area contributed by atoms with Crippen LogP contribution in [0.4, 0.5) is 0 Å². The number of ether oxygens (including phenoxy) is 2. The zero-order valence-electron chi connectivity index (χ0n) is 14.2. The molecule has 0 atom stereocenters. The molecule has 3 aromatic rings. The average molecular weight is 392 g/mol. The van der Waals surface area contributed by atoms with Gasteiger partial charge in [-0.3, -0.25) is 4.79 Å². The number of rotatable bonds is 5. The lowest BCUT2D eigenvalue weighted by Crippen LogP contribution is -1.90. The lowest BCUT2D eigenvalue weighted by molar-refractivity contribution is 0.109. The number of aromatic nitrogens is 1. The molecule has 2 heterocycles. The van der Waals surface area contributed by atoms with E-state index in [0.29, 0.717) is 4.88 Å². The van der Waals surface area contributed by atoms with E-state index in [2.05, 4.69) is 12.6 Å². The Morgan fingerprint density at radius 2 is 1.76 bits per heavy atom. The molecular weight excluding hydrogens is 374 g/mol. The Balaban J connectivity index is 2.06. The molecule has 0 saturated heterocycles. The standard InChI is InChI=1S/C18H17NO3S3/c1-9-15(10(2)25-16(9)18(20)23)17-19-14(8-24-17)11-5-12(21-3)7-13(6-11)22-4/h5-8H,1-4H3,(H,20,23). The largest absolute Gasteiger partial charge is 0.497 e. The Morgan fingerprint density at radius 1 is 1.12 bits per heavy atom. The van der Waals surface area contributed by atoms with Crippen molar-refractivity contribution in [1.82, 2.24) is 4.98 Å². The summed E-state index contributed by atoms with van der Waals surface area (Å²) in [4.78, 5) is 18.2. The van der Waals surface area contributed by atoms with Crippen LogP contribution in [0, 0.1) is 13.8 Å². The summed E-state index contributed by atoms with van der Waals surface area (Å²) in [6.07, 6.45) is 0. The summed E-state index contributed by atoms with van der Waals surface area (Å²) in [7, 11) is 3.25. The molecule has 0 radical (unpaired) electrons. The molecule has 0 amide bonds. The summed E-state index contributed by atoms with van der Waals surface area (Å²) in [5.41, 5.74) is 3.73. The molecule has 0 aliphatic rings. The van der Waals surface area contributed by atoms with Gasteiger partial charge in [0.25, 0.3) is 0 Å². The first kappa shape index (κ1) is 18.0. The first-order valence-electron chi connectivity index (χ1n) is 7.47. The number of carbonyl (C=O) groups is 1. The first-order valence-corrected chi connectivity index (χ1v) is 9.61. The van der Waals surface area contributed by atoms with Crippen LogP contribution in [0.2, 0.25) is 0 Å². The Morgan fingerprint density at radius 3 is 2.28 bits per heavy atom. The number of benzene rings is 1. The molecular formula is C18H17NO3S3. The molecule has 0 aliphatic carbocycles. The summed E-state index contributed by atoms with van der Waals surface area (Å²) >= 11 is 6.98. The lowest BCUT2D eigenvalue weighted by Gasteiger charge is -2.06. The van der Waals surface area contributed by atoms with Gasteiger partial charge in [0.15, 0.2) is 0 Å². The number of hydrogen-bond acceptors (Lipinski definition) is 6. The maximum absolute atomic E-state index is 11.7. The Kier molecular flexibility index (Phi) is 5.17. The molecule has 3 rings (SSSR count). The molecule has 0 bridgehead atoms. The van der Waals surface area contributed by atoms with E-state index in [4.69, 9.17) is 14.5 Å². The van der Waals surface area contributed by atoms with Crippen LogP contribution in [0.3, 0.4) is 0 Å². The minimum absolute atomic E-state index is 0.203. The van der Waals surface area contributed by atoms with Crippen molar-refractivity contribution in [2.45, 2.75) is 13.8 Å². The number of hydrogen-bond donors (Lipinski definition) is 1. The summed E-state index contributed by atoms with van der Waals surface area (Å²) in [5.74, 6) is 1.43. The van der Waals surface area contributed by atoms with Crippen LogP contribution in [-0.2, 0) is 0 Å². The number of thiazole rings is 1. The first-order chi connectivity index (χ1) is 11.9. The molecule has 2 aromatic heterocycles. The fraction of sp³-hybridized carbons (Fsp3) is 0.222. The fourth-order valence-electron chi connectivity index (χ4n) is 2.65. The van der Waals surface area contributed by atoms with E-state index in [1.807, 2.05) is 37.4 Å². The number of nitrogens with zero attached hydrogens (tertiary/aromatic N) is 1. The Bertz CT molecular complexity index is 921. The second-order valence-corrected chi connectivity index (χ2v) is 7.92. The molecule has 0 spiro atoms. The van der Waals surface area contributed by atoms with Crippen LogP contribution in [0.15, 0.2) is 23.6 Å². The van der Waals surface area contributed by atoms with Crippen molar-refractivity contribution in [1.29, 1.82) is 0 Å². The molecule has 25 heavy (non-hydrogen) atoms. The van der Waals surface area contributed by atoms with Crippen molar-refractivity contribution < 1.29 is 14.3 Å². The zero-order chi connectivity index (χ0) is 18.1. The van der Waals surface area contributed by atoms with Gasteiger partial charge in [0.1, 0.15) is 16.5 Å². The minimum atomic E-state index is -0.203. The maximum Gasteiger partial charge on any atom is 0.226 e. The highest BCUT2D eigenvalue weighted by Crippen LogP contribution is 2.40. The van der Waals surface area contributed by atoms with Crippen LogP contribution in [0.25, 0.3) is 21.8 Å². The summed E-state index contributed by atoms with van der Waals surface area (Å²) < 4.78 is 10.7. The second kappa shape index (κ2) is 7.19. The van der Waals surface area contributed by atoms with Crippen LogP contribution < -0.4 is 9.47 Å². The van der Waals surface area contributed by atoms with E-state index in [-0.39, 0.29) is 5.12 Å². The van der Waals surface area contributed by atoms with E-state index < -0.39 is 0 Å². The fourth-order valence-corrected chi connectivity index (χ4v) is 5.01. The highest BCUT2D eigenvalue weighted by Gasteiger charge is 2.20. The molecule has 0 aliphatic heterocycles. The summed E-state index contributed by atoms with van der Waals surface area (Å²) in [5, 5.41) is 2.69. The predicted molar refractivity (Wildman–Crippen MR) is 107 cm³/mol. The van der Waals surface area contributed by atoms with E-state index >= 15 is 0 Å². The van der Waals surface area contributed by atoms with Crippen LogP contribution >= 0.6 is 35.3 Å². The topological polar surface area (TPSA) is 48.4 Å². The highest BCUT2D eigenvalue weighted by molar-refractivity contribution is 7.97. The van der Waals surface area contributed by atoms with E-state index in [9.17, 15) is 4.79 Å². The maximum atomic E-state index is 11.7. The normalized spacial score (nSPS) is 10.8. The number of thiophene rings is 1. The van der Waals surface area contributed by atoms with Crippen molar-refractivity contribution in [3.8, 4) is 33.3 Å². The van der Waals surface area contributed by atoms with Crippen LogP contribution in [0.5, 0.6) is 11.5 Å². The van der Waals surface area contributed by atoms with Gasteiger partial charge in [-0.2, -0.15) is 0 Å². The van der Waals surface area contributed by atoms with Crippen molar-refractivity contribution in [2.75, 3.05) is 14.2 Å². The highest BCUT2D eigenvalue weighted by atomic mass is 32.1. The third kappa shape index (κ3) is 3.44. The molecule has 1 aromatic carbocycles. The van der Waals surface area contributed by atoms with Gasteiger partial charge in [0.2, 0.25) is 5.12 Å². The quantitative estimate of drug-likeness (QED) is 0.604. The van der Waals surface area contributed by atoms with Crippen molar-refractivity contribution in [2.24, 2.45) is 0 Å². The number of thiol groups is 1.